The summed E-state index contributed by atoms with van der Waals surface area (Å²) < 4.78 is 5.83. The zero-order valence-corrected chi connectivity index (χ0v) is 14.4. The van der Waals surface area contributed by atoms with Gasteiger partial charge < -0.3 is 10.1 Å². The molecule has 1 N–H and O–H groups in total. The van der Waals surface area contributed by atoms with Crippen molar-refractivity contribution in [2.75, 3.05) is 11.4 Å². The molecule has 2 amide bonds. The van der Waals surface area contributed by atoms with Gasteiger partial charge in [0.15, 0.2) is 11.6 Å². The molecule has 0 spiro atoms. The lowest BCUT2D eigenvalue weighted by Crippen LogP contribution is -2.63. The molecular weight excluding hydrogens is 306 g/mol. The fraction of sp³-hybridized carbons (Fsp3) is 0.611. The molecule has 0 radical (unpaired) electrons. The molecule has 6 nitrogen and oxygen atoms in total. The standard InChI is InChI=1S/C18H25N3O3/c1-3-21-15-14(11-8-12-19-15)24-18(2,17(21)23)16(22)20-13-9-6-4-5-7-10-13/h8,11-13H,3-7,9-10H2,1-2H3,(H,20,22). The van der Waals surface area contributed by atoms with Gasteiger partial charge in [-0.2, -0.15) is 0 Å². The van der Waals surface area contributed by atoms with Crippen LogP contribution in [0.1, 0.15) is 52.4 Å². The van der Waals surface area contributed by atoms with E-state index in [1.165, 1.54) is 17.7 Å². The molecule has 24 heavy (non-hydrogen) atoms. The molecule has 0 aromatic carbocycles. The number of rotatable bonds is 3. The monoisotopic (exact) mass is 331 g/mol. The zero-order valence-electron chi connectivity index (χ0n) is 14.4. The Labute approximate surface area is 142 Å². The summed E-state index contributed by atoms with van der Waals surface area (Å²) in [4.78, 5) is 31.5. The highest BCUT2D eigenvalue weighted by molar-refractivity contribution is 6.16. The van der Waals surface area contributed by atoms with Crippen molar-refractivity contribution < 1.29 is 14.3 Å². The number of nitrogens with one attached hydrogen (secondary N) is 1. The number of carbonyl (C=O) groups is 2. The van der Waals surface area contributed by atoms with E-state index in [2.05, 4.69) is 10.3 Å². The Morgan fingerprint density at radius 3 is 2.75 bits per heavy atom. The highest BCUT2D eigenvalue weighted by Gasteiger charge is 2.51. The zero-order chi connectivity index (χ0) is 17.2. The van der Waals surface area contributed by atoms with E-state index < -0.39 is 5.60 Å². The van der Waals surface area contributed by atoms with Gasteiger partial charge in [0.25, 0.3) is 17.4 Å². The number of pyridine rings is 1. The van der Waals surface area contributed by atoms with Crippen molar-refractivity contribution in [1.82, 2.24) is 10.3 Å². The van der Waals surface area contributed by atoms with E-state index in [4.69, 9.17) is 4.74 Å². The van der Waals surface area contributed by atoms with E-state index in [1.807, 2.05) is 6.92 Å². The summed E-state index contributed by atoms with van der Waals surface area (Å²) in [5.41, 5.74) is -1.54. The number of anilines is 1. The number of hydrogen-bond donors (Lipinski definition) is 1. The largest absolute Gasteiger partial charge is 0.464 e. The van der Waals surface area contributed by atoms with Crippen LogP contribution in [-0.2, 0) is 9.59 Å². The van der Waals surface area contributed by atoms with E-state index in [9.17, 15) is 9.59 Å². The Balaban J connectivity index is 1.83. The summed E-state index contributed by atoms with van der Waals surface area (Å²) in [6.45, 7) is 3.86. The Morgan fingerprint density at radius 2 is 2.08 bits per heavy atom. The Kier molecular flexibility index (Phi) is 4.73. The summed E-state index contributed by atoms with van der Waals surface area (Å²) >= 11 is 0. The average Bonchev–Trinajstić information content (AvgIpc) is 2.85. The van der Waals surface area contributed by atoms with Gasteiger partial charge in [0.2, 0.25) is 0 Å². The molecule has 130 valence electrons. The maximum Gasteiger partial charge on any atom is 0.282 e. The van der Waals surface area contributed by atoms with E-state index in [-0.39, 0.29) is 17.9 Å². The van der Waals surface area contributed by atoms with Crippen LogP contribution in [0, 0.1) is 0 Å². The predicted octanol–water partition coefficient (Wildman–Crippen LogP) is 2.42. The van der Waals surface area contributed by atoms with Gasteiger partial charge in [-0.1, -0.05) is 25.7 Å². The number of carbonyl (C=O) groups excluding carboxylic acids is 2. The molecule has 1 aromatic rings. The molecular formula is C18H25N3O3. The van der Waals surface area contributed by atoms with Crippen LogP contribution in [0.2, 0.25) is 0 Å². The lowest BCUT2D eigenvalue weighted by molar-refractivity contribution is -0.149. The molecule has 6 heteroatoms. The molecule has 1 unspecified atom stereocenters. The predicted molar refractivity (Wildman–Crippen MR) is 90.9 cm³/mol. The van der Waals surface area contributed by atoms with Crippen LogP contribution in [0.4, 0.5) is 5.82 Å². The van der Waals surface area contributed by atoms with Gasteiger partial charge in [0.05, 0.1) is 0 Å². The molecule has 1 fully saturated rings. The fourth-order valence-electron chi connectivity index (χ4n) is 3.47. The van der Waals surface area contributed by atoms with Crippen LogP contribution in [0.5, 0.6) is 5.75 Å². The third-order valence-electron chi connectivity index (χ3n) is 4.91. The summed E-state index contributed by atoms with van der Waals surface area (Å²) in [6, 6.07) is 3.61. The van der Waals surface area contributed by atoms with Crippen molar-refractivity contribution in [3.8, 4) is 5.75 Å². The first kappa shape index (κ1) is 16.7. The van der Waals surface area contributed by atoms with Crippen LogP contribution < -0.4 is 15.0 Å². The topological polar surface area (TPSA) is 71.5 Å². The quantitative estimate of drug-likeness (QED) is 0.682. The Morgan fingerprint density at radius 1 is 1.38 bits per heavy atom. The van der Waals surface area contributed by atoms with Crippen LogP contribution >= 0.6 is 0 Å². The van der Waals surface area contributed by atoms with Crippen LogP contribution in [-0.4, -0.2) is 35.0 Å². The lowest BCUT2D eigenvalue weighted by Gasteiger charge is -2.38. The van der Waals surface area contributed by atoms with Gasteiger partial charge >= 0.3 is 0 Å². The molecule has 1 aliphatic carbocycles. The van der Waals surface area contributed by atoms with Gasteiger partial charge in [-0.05, 0) is 38.8 Å². The number of hydrogen-bond acceptors (Lipinski definition) is 4. The van der Waals surface area contributed by atoms with E-state index >= 15 is 0 Å². The first-order valence-corrected chi connectivity index (χ1v) is 8.83. The molecule has 1 aliphatic heterocycles. The van der Waals surface area contributed by atoms with Crippen molar-refractivity contribution in [2.24, 2.45) is 0 Å². The summed E-state index contributed by atoms with van der Waals surface area (Å²) in [7, 11) is 0. The second kappa shape index (κ2) is 6.79. The molecule has 0 bridgehead atoms. The van der Waals surface area contributed by atoms with Crippen molar-refractivity contribution in [2.45, 2.75) is 64.0 Å². The van der Waals surface area contributed by atoms with Crippen LogP contribution in [0.25, 0.3) is 0 Å². The minimum Gasteiger partial charge on any atom is -0.464 e. The fourth-order valence-corrected chi connectivity index (χ4v) is 3.47. The van der Waals surface area contributed by atoms with Crippen molar-refractivity contribution in [1.29, 1.82) is 0 Å². The Bertz CT molecular complexity index is 626. The first-order valence-electron chi connectivity index (χ1n) is 8.83. The minimum absolute atomic E-state index is 0.124. The molecule has 1 saturated carbocycles. The normalized spacial score (nSPS) is 24.8. The van der Waals surface area contributed by atoms with Gasteiger partial charge in [0.1, 0.15) is 0 Å². The maximum atomic E-state index is 12.9. The molecule has 1 atom stereocenters. The number of ether oxygens (including phenoxy) is 1. The lowest BCUT2D eigenvalue weighted by atomic mass is 9.99. The van der Waals surface area contributed by atoms with Crippen molar-refractivity contribution in [3.05, 3.63) is 18.3 Å². The number of fused-ring (bicyclic) bond motifs is 1. The van der Waals surface area contributed by atoms with Gasteiger partial charge in [-0.15, -0.1) is 0 Å². The third kappa shape index (κ3) is 2.97. The average molecular weight is 331 g/mol. The van der Waals surface area contributed by atoms with Gasteiger partial charge in [0, 0.05) is 18.8 Å². The van der Waals surface area contributed by atoms with Crippen molar-refractivity contribution in [3.63, 3.8) is 0 Å². The first-order chi connectivity index (χ1) is 11.6. The second-order valence-electron chi connectivity index (χ2n) is 6.67. The van der Waals surface area contributed by atoms with Crippen LogP contribution in [0.15, 0.2) is 18.3 Å². The number of aromatic nitrogens is 1. The summed E-state index contributed by atoms with van der Waals surface area (Å²) in [6.07, 6.45) is 8.20. The summed E-state index contributed by atoms with van der Waals surface area (Å²) in [5.74, 6) is 0.233. The highest BCUT2D eigenvalue weighted by atomic mass is 16.5. The molecule has 3 rings (SSSR count). The van der Waals surface area contributed by atoms with Gasteiger partial charge in [-0.3, -0.25) is 14.5 Å². The molecule has 0 saturated heterocycles. The van der Waals surface area contributed by atoms with E-state index in [0.717, 1.165) is 25.7 Å². The number of amides is 2. The second-order valence-corrected chi connectivity index (χ2v) is 6.67. The summed E-state index contributed by atoms with van der Waals surface area (Å²) in [5, 5.41) is 3.04. The Hall–Kier alpha value is -2.11. The highest BCUT2D eigenvalue weighted by Crippen LogP contribution is 2.36. The SMILES string of the molecule is CCN1C(=O)C(C)(C(=O)NC2CCCCCC2)Oc2cccnc21. The van der Waals surface area contributed by atoms with E-state index in [1.54, 1.807) is 25.3 Å². The minimum atomic E-state index is -1.54. The van der Waals surface area contributed by atoms with Crippen LogP contribution in [0.3, 0.4) is 0 Å². The van der Waals surface area contributed by atoms with Gasteiger partial charge in [-0.25, -0.2) is 4.98 Å². The van der Waals surface area contributed by atoms with Crippen molar-refractivity contribution >= 4 is 17.6 Å². The molecule has 1 aromatic heterocycles. The third-order valence-corrected chi connectivity index (χ3v) is 4.91. The smallest absolute Gasteiger partial charge is 0.282 e. The molecule has 2 aliphatic rings. The van der Waals surface area contributed by atoms with E-state index in [0.29, 0.717) is 18.1 Å². The maximum absolute atomic E-state index is 12.9. The molecule has 2 heterocycles. The number of likely N-dealkylation sites (N-methyl/N-ethyl adjacent to an activating group) is 1. The number of nitrogens with zero attached hydrogens (tertiary/aromatic N) is 2.